The number of carbonyl (C=O) groups is 1. The second kappa shape index (κ2) is 13.3. The first-order valence-corrected chi connectivity index (χ1v) is 13.0. The number of aliphatic imine (C=N–C) groups is 1. The average Bonchev–Trinajstić information content (AvgIpc) is 2.96. The van der Waals surface area contributed by atoms with Crippen LogP contribution in [0.4, 0.5) is 21.7 Å². The maximum absolute atomic E-state index is 15.0. The molecule has 3 heterocycles. The number of likely N-dealkylation sites (tertiary alicyclic amines) is 1. The van der Waals surface area contributed by atoms with Crippen molar-refractivity contribution in [1.29, 1.82) is 5.41 Å². The Balaban J connectivity index is 1.41. The maximum Gasteiger partial charge on any atom is 0.245 e. The Bertz CT molecular complexity index is 1500. The molecule has 41 heavy (non-hydrogen) atoms. The molecule has 11 nitrogen and oxygen atoms in total. The smallest absolute Gasteiger partial charge is 0.245 e. The van der Waals surface area contributed by atoms with Crippen LogP contribution in [0.5, 0.6) is 5.75 Å². The van der Waals surface area contributed by atoms with Gasteiger partial charge in [0.25, 0.3) is 0 Å². The molecule has 0 unspecified atom stereocenters. The largest absolute Gasteiger partial charge is 0.441 e. The predicted octanol–water partition coefficient (Wildman–Crippen LogP) is 3.89. The quantitative estimate of drug-likeness (QED) is 0.165. The standard InChI is InChI=1S/C29H32FN9O2/c1-3-25(40)39-12-8-19(9-13-39)27(32)26-28(33)36-17-37-29(26)38-23-5-4-21(15-22(23)30)41-24(31)7-10-34-16-20-14-18(2)6-11-35-20/h3-7,10-11,14-15,17,19,32H,1,8-9,12-13,16,31H2,2H3,(H3,33,36,37,38)/b24-7+,32-27?,34-10?. The van der Waals surface area contributed by atoms with Gasteiger partial charge in [0.05, 0.1) is 23.5 Å². The Labute approximate surface area is 237 Å². The van der Waals surface area contributed by atoms with Gasteiger partial charge < -0.3 is 31.8 Å². The highest BCUT2D eigenvalue weighted by atomic mass is 19.1. The van der Waals surface area contributed by atoms with E-state index in [2.05, 4.69) is 31.8 Å². The summed E-state index contributed by atoms with van der Waals surface area (Å²) < 4.78 is 20.6. The lowest BCUT2D eigenvalue weighted by Gasteiger charge is -2.32. The van der Waals surface area contributed by atoms with Crippen molar-refractivity contribution in [3.8, 4) is 5.75 Å². The summed E-state index contributed by atoms with van der Waals surface area (Å²) in [5.74, 6) is -0.389. The fourth-order valence-electron chi connectivity index (χ4n) is 4.40. The van der Waals surface area contributed by atoms with Gasteiger partial charge in [-0.2, -0.15) is 0 Å². The summed E-state index contributed by atoms with van der Waals surface area (Å²) >= 11 is 0. The molecule has 0 saturated carbocycles. The van der Waals surface area contributed by atoms with Gasteiger partial charge in [-0.05, 0) is 55.7 Å². The minimum Gasteiger partial charge on any atom is -0.441 e. The predicted molar refractivity (Wildman–Crippen MR) is 157 cm³/mol. The lowest BCUT2D eigenvalue weighted by molar-refractivity contribution is -0.127. The van der Waals surface area contributed by atoms with Crippen molar-refractivity contribution in [3.05, 3.63) is 90.1 Å². The number of aryl methyl sites for hydroxylation is 1. The van der Waals surface area contributed by atoms with E-state index in [4.69, 9.17) is 21.6 Å². The van der Waals surface area contributed by atoms with Crippen molar-refractivity contribution in [2.24, 2.45) is 16.6 Å². The molecular weight excluding hydrogens is 525 g/mol. The van der Waals surface area contributed by atoms with Crippen LogP contribution in [0.25, 0.3) is 0 Å². The second-order valence-corrected chi connectivity index (χ2v) is 9.45. The first-order valence-electron chi connectivity index (χ1n) is 13.0. The maximum atomic E-state index is 15.0. The fraction of sp³-hybridized carbons (Fsp3) is 0.241. The minimum absolute atomic E-state index is 0.0335. The zero-order chi connectivity index (χ0) is 29.4. The van der Waals surface area contributed by atoms with E-state index in [0.717, 1.165) is 11.3 Å². The van der Waals surface area contributed by atoms with E-state index in [1.807, 2.05) is 19.1 Å². The molecule has 0 aliphatic carbocycles. The van der Waals surface area contributed by atoms with Crippen LogP contribution in [0.2, 0.25) is 0 Å². The number of nitrogen functional groups attached to an aromatic ring is 1. The Morgan fingerprint density at radius 1 is 1.27 bits per heavy atom. The molecule has 1 aliphatic heterocycles. The summed E-state index contributed by atoms with van der Waals surface area (Å²) in [4.78, 5) is 30.3. The topological polar surface area (TPSA) is 168 Å². The number of nitrogens with two attached hydrogens (primary N) is 2. The number of nitrogens with zero attached hydrogens (tertiary/aromatic N) is 5. The van der Waals surface area contributed by atoms with Crippen molar-refractivity contribution in [2.75, 3.05) is 24.1 Å². The molecule has 4 rings (SSSR count). The van der Waals surface area contributed by atoms with Crippen LogP contribution in [0.15, 0.2) is 72.5 Å². The van der Waals surface area contributed by atoms with Crippen molar-refractivity contribution >= 4 is 35.2 Å². The normalized spacial score (nSPS) is 14.2. The first-order chi connectivity index (χ1) is 19.7. The highest BCUT2D eigenvalue weighted by molar-refractivity contribution is 6.07. The van der Waals surface area contributed by atoms with Gasteiger partial charge in [-0.15, -0.1) is 0 Å². The Kier molecular flexibility index (Phi) is 9.35. The second-order valence-electron chi connectivity index (χ2n) is 9.45. The molecule has 1 aliphatic rings. The number of hydrogen-bond donors (Lipinski definition) is 4. The highest BCUT2D eigenvalue weighted by Gasteiger charge is 2.28. The van der Waals surface area contributed by atoms with Gasteiger partial charge in [-0.1, -0.05) is 6.58 Å². The summed E-state index contributed by atoms with van der Waals surface area (Å²) in [6.45, 7) is 6.89. The molecule has 1 saturated heterocycles. The average molecular weight is 558 g/mol. The molecule has 1 aromatic carbocycles. The summed E-state index contributed by atoms with van der Waals surface area (Å²) in [7, 11) is 0. The third-order valence-electron chi connectivity index (χ3n) is 6.53. The highest BCUT2D eigenvalue weighted by Crippen LogP contribution is 2.30. The number of ether oxygens (including phenoxy) is 1. The van der Waals surface area contributed by atoms with Crippen LogP contribution in [0.1, 0.15) is 29.7 Å². The first kappa shape index (κ1) is 28.9. The summed E-state index contributed by atoms with van der Waals surface area (Å²) in [6.07, 6.45) is 8.39. The monoisotopic (exact) mass is 557 g/mol. The van der Waals surface area contributed by atoms with Crippen molar-refractivity contribution in [3.63, 3.8) is 0 Å². The van der Waals surface area contributed by atoms with Gasteiger partial charge in [0.2, 0.25) is 5.91 Å². The van der Waals surface area contributed by atoms with E-state index >= 15 is 4.39 Å². The molecule has 0 bridgehead atoms. The number of hydrogen-bond acceptors (Lipinski definition) is 10. The molecule has 0 radical (unpaired) electrons. The van der Waals surface area contributed by atoms with Crippen LogP contribution in [-0.2, 0) is 11.3 Å². The van der Waals surface area contributed by atoms with Crippen LogP contribution < -0.4 is 21.5 Å². The van der Waals surface area contributed by atoms with Gasteiger partial charge in [0.1, 0.15) is 29.5 Å². The Morgan fingerprint density at radius 2 is 2.05 bits per heavy atom. The molecule has 1 amide bonds. The number of benzene rings is 1. The van der Waals surface area contributed by atoms with E-state index in [1.165, 1.54) is 36.8 Å². The van der Waals surface area contributed by atoms with Crippen LogP contribution in [-0.4, -0.2) is 50.8 Å². The van der Waals surface area contributed by atoms with E-state index in [-0.39, 0.29) is 46.5 Å². The van der Waals surface area contributed by atoms with Gasteiger partial charge in [0, 0.05) is 49.3 Å². The number of piperidine rings is 1. The van der Waals surface area contributed by atoms with Gasteiger partial charge in [-0.25, -0.2) is 14.4 Å². The molecule has 12 heteroatoms. The van der Waals surface area contributed by atoms with Crippen LogP contribution in [0, 0.1) is 24.1 Å². The number of anilines is 3. The molecule has 6 N–H and O–H groups in total. The van der Waals surface area contributed by atoms with Gasteiger partial charge in [-0.3, -0.25) is 14.8 Å². The summed E-state index contributed by atoms with van der Waals surface area (Å²) in [5.41, 5.74) is 14.6. The Hall–Kier alpha value is -5.13. The summed E-state index contributed by atoms with van der Waals surface area (Å²) in [6, 6.07) is 8.05. The molecule has 2 aromatic heterocycles. The molecule has 1 fully saturated rings. The third kappa shape index (κ3) is 7.50. The van der Waals surface area contributed by atoms with Crippen molar-refractivity contribution in [1.82, 2.24) is 19.9 Å². The van der Waals surface area contributed by atoms with Crippen molar-refractivity contribution < 1.29 is 13.9 Å². The van der Waals surface area contributed by atoms with Gasteiger partial charge >= 0.3 is 0 Å². The number of amides is 1. The van der Waals surface area contributed by atoms with Crippen molar-refractivity contribution in [2.45, 2.75) is 26.3 Å². The zero-order valence-electron chi connectivity index (χ0n) is 22.7. The van der Waals surface area contributed by atoms with Crippen LogP contribution >= 0.6 is 0 Å². The third-order valence-corrected chi connectivity index (χ3v) is 6.53. The number of carbonyl (C=O) groups excluding carboxylic acids is 1. The Morgan fingerprint density at radius 3 is 2.76 bits per heavy atom. The van der Waals surface area contributed by atoms with E-state index < -0.39 is 5.82 Å². The molecule has 0 spiro atoms. The van der Waals surface area contributed by atoms with Gasteiger partial charge in [0.15, 0.2) is 5.88 Å². The number of nitrogens with one attached hydrogen (secondary N) is 2. The number of aromatic nitrogens is 3. The number of pyridine rings is 1. The molecule has 0 atom stereocenters. The minimum atomic E-state index is -0.625. The zero-order valence-corrected chi connectivity index (χ0v) is 22.7. The van der Waals surface area contributed by atoms with E-state index in [9.17, 15) is 4.79 Å². The van der Waals surface area contributed by atoms with E-state index in [0.29, 0.717) is 38.0 Å². The lowest BCUT2D eigenvalue weighted by Crippen LogP contribution is -2.39. The van der Waals surface area contributed by atoms with Crippen LogP contribution in [0.3, 0.4) is 0 Å². The molecule has 212 valence electrons. The summed E-state index contributed by atoms with van der Waals surface area (Å²) in [5, 5.41) is 11.7. The SMILES string of the molecule is C=CC(=O)N1CCC(C(=N)c2c(N)ncnc2Nc2ccc(O/C(N)=C/C=NCc3cc(C)ccn3)cc2F)CC1. The molecule has 3 aromatic rings. The van der Waals surface area contributed by atoms with E-state index in [1.54, 1.807) is 17.2 Å². The number of allylic oxidation sites excluding steroid dienone is 1. The number of rotatable bonds is 10. The molecular formula is C29H32FN9O2. The lowest BCUT2D eigenvalue weighted by atomic mass is 9.88. The fourth-order valence-corrected chi connectivity index (χ4v) is 4.40. The number of halogens is 1.